The molecule has 0 spiro atoms. The summed E-state index contributed by atoms with van der Waals surface area (Å²) < 4.78 is 15.2. The molecule has 1 aliphatic heterocycles. The number of esters is 1. The minimum Gasteiger partial charge on any atom is -0.493 e. The summed E-state index contributed by atoms with van der Waals surface area (Å²) in [6, 6.07) is 5.47. The fourth-order valence-electron chi connectivity index (χ4n) is 2.78. The maximum Gasteiger partial charge on any atom is 0.318 e. The predicted octanol–water partition coefficient (Wildman–Crippen LogP) is 1.64. The predicted molar refractivity (Wildman–Crippen MR) is 84.2 cm³/mol. The molecule has 1 aliphatic rings. The van der Waals surface area contributed by atoms with E-state index in [0.717, 1.165) is 5.56 Å². The van der Waals surface area contributed by atoms with Crippen LogP contribution in [0, 0.1) is 11.8 Å². The summed E-state index contributed by atoms with van der Waals surface area (Å²) in [6.07, 6.45) is 1.63. The molecule has 6 heteroatoms. The smallest absolute Gasteiger partial charge is 0.318 e. The molecule has 2 rings (SSSR count). The molecule has 1 fully saturated rings. The van der Waals surface area contributed by atoms with E-state index in [-0.39, 0.29) is 11.8 Å². The monoisotopic (exact) mass is 319 g/mol. The van der Waals surface area contributed by atoms with Crippen molar-refractivity contribution < 1.29 is 23.8 Å². The van der Waals surface area contributed by atoms with Crippen molar-refractivity contribution in [1.29, 1.82) is 0 Å². The lowest BCUT2D eigenvalue weighted by molar-refractivity contribution is -0.151. The second-order valence-electron chi connectivity index (χ2n) is 5.31. The molecule has 6 nitrogen and oxygen atoms in total. The fraction of sp³-hybridized carbons (Fsp3) is 0.412. The first kappa shape index (κ1) is 16.9. The highest BCUT2D eigenvalue weighted by Gasteiger charge is 2.44. The molecule has 1 heterocycles. The third-order valence-electron chi connectivity index (χ3n) is 4.02. The highest BCUT2D eigenvalue weighted by molar-refractivity contribution is 6.00. The van der Waals surface area contributed by atoms with Gasteiger partial charge in [-0.1, -0.05) is 12.1 Å². The number of nitrogens with zero attached hydrogens (tertiary/aromatic N) is 1. The fourth-order valence-corrected chi connectivity index (χ4v) is 2.78. The van der Waals surface area contributed by atoms with E-state index in [1.54, 1.807) is 31.3 Å². The van der Waals surface area contributed by atoms with E-state index >= 15 is 0 Å². The van der Waals surface area contributed by atoms with Gasteiger partial charge in [-0.15, -0.1) is 6.58 Å². The van der Waals surface area contributed by atoms with Gasteiger partial charge >= 0.3 is 5.97 Å². The van der Waals surface area contributed by atoms with Gasteiger partial charge in [0.15, 0.2) is 11.5 Å². The van der Waals surface area contributed by atoms with Crippen molar-refractivity contribution >= 4 is 11.9 Å². The first-order valence-electron chi connectivity index (χ1n) is 7.25. The molecule has 1 amide bonds. The molecule has 0 aromatic heterocycles. The van der Waals surface area contributed by atoms with Crippen LogP contribution in [-0.4, -0.2) is 44.7 Å². The largest absolute Gasteiger partial charge is 0.493 e. The second-order valence-corrected chi connectivity index (χ2v) is 5.31. The Labute approximate surface area is 135 Å². The lowest BCUT2D eigenvalue weighted by Gasteiger charge is -2.17. The van der Waals surface area contributed by atoms with Crippen molar-refractivity contribution in [3.8, 4) is 11.5 Å². The van der Waals surface area contributed by atoms with Crippen molar-refractivity contribution in [3.63, 3.8) is 0 Å². The van der Waals surface area contributed by atoms with Gasteiger partial charge in [0.1, 0.15) is 5.92 Å². The molecule has 0 radical (unpaired) electrons. The van der Waals surface area contributed by atoms with E-state index in [9.17, 15) is 9.59 Å². The molecule has 2 unspecified atom stereocenters. The first-order valence-corrected chi connectivity index (χ1v) is 7.25. The van der Waals surface area contributed by atoms with Gasteiger partial charge in [0.2, 0.25) is 5.91 Å². The normalized spacial score (nSPS) is 20.3. The molecular weight excluding hydrogens is 298 g/mol. The summed E-state index contributed by atoms with van der Waals surface area (Å²) >= 11 is 0. The van der Waals surface area contributed by atoms with Crippen LogP contribution < -0.4 is 9.47 Å². The van der Waals surface area contributed by atoms with Crippen LogP contribution in [0.2, 0.25) is 0 Å². The van der Waals surface area contributed by atoms with Gasteiger partial charge < -0.3 is 19.1 Å². The van der Waals surface area contributed by atoms with E-state index in [2.05, 4.69) is 6.58 Å². The van der Waals surface area contributed by atoms with Gasteiger partial charge in [-0.3, -0.25) is 9.59 Å². The molecule has 0 N–H and O–H groups in total. The molecule has 1 aromatic rings. The average Bonchev–Trinajstić information content (AvgIpc) is 2.89. The van der Waals surface area contributed by atoms with Crippen LogP contribution in [0.15, 0.2) is 30.9 Å². The topological polar surface area (TPSA) is 65.1 Å². The molecule has 0 aliphatic carbocycles. The molecular formula is C17H21NO5. The Morgan fingerprint density at radius 3 is 2.57 bits per heavy atom. The van der Waals surface area contributed by atoms with Crippen molar-refractivity contribution in [2.75, 3.05) is 27.9 Å². The van der Waals surface area contributed by atoms with Crippen LogP contribution in [0.5, 0.6) is 11.5 Å². The molecule has 124 valence electrons. The highest BCUT2D eigenvalue weighted by atomic mass is 16.5. The van der Waals surface area contributed by atoms with E-state index < -0.39 is 11.9 Å². The third kappa shape index (κ3) is 3.31. The minimum atomic E-state index is -0.808. The molecule has 0 bridgehead atoms. The molecule has 2 atom stereocenters. The Morgan fingerprint density at radius 2 is 2.00 bits per heavy atom. The van der Waals surface area contributed by atoms with Crippen LogP contribution in [-0.2, 0) is 20.9 Å². The number of benzene rings is 1. The Bertz CT molecular complexity index is 613. The maximum absolute atomic E-state index is 12.5. The summed E-state index contributed by atoms with van der Waals surface area (Å²) in [6.45, 7) is 4.54. The molecule has 0 saturated carbocycles. The number of amides is 1. The van der Waals surface area contributed by atoms with Crippen LogP contribution in [0.3, 0.4) is 0 Å². The van der Waals surface area contributed by atoms with Gasteiger partial charge in [-0.05, 0) is 17.7 Å². The Hall–Kier alpha value is -2.50. The van der Waals surface area contributed by atoms with Gasteiger partial charge in [0.25, 0.3) is 0 Å². The number of rotatable bonds is 6. The lowest BCUT2D eigenvalue weighted by Crippen LogP contribution is -2.31. The van der Waals surface area contributed by atoms with Crippen LogP contribution in [0.4, 0.5) is 0 Å². The second kappa shape index (κ2) is 7.17. The first-order chi connectivity index (χ1) is 11.0. The Morgan fingerprint density at radius 1 is 1.30 bits per heavy atom. The number of hydrogen-bond donors (Lipinski definition) is 0. The number of carbonyl (C=O) groups is 2. The molecule has 1 aromatic carbocycles. The number of methoxy groups -OCH3 is 3. The quantitative estimate of drug-likeness (QED) is 0.453. The van der Waals surface area contributed by atoms with E-state index in [1.807, 2.05) is 12.1 Å². The highest BCUT2D eigenvalue weighted by Crippen LogP contribution is 2.31. The van der Waals surface area contributed by atoms with Crippen molar-refractivity contribution in [2.45, 2.75) is 6.54 Å². The van der Waals surface area contributed by atoms with Crippen molar-refractivity contribution in [3.05, 3.63) is 36.4 Å². The number of ether oxygens (including phenoxy) is 3. The van der Waals surface area contributed by atoms with Gasteiger partial charge in [0, 0.05) is 19.0 Å². The standard InChI is InChI=1S/C17H21NO5/c1-5-12-10-18(16(19)15(12)17(20)23-4)9-11-6-7-13(21-2)14(8-11)22-3/h5-8,12,15H,1,9-10H2,2-4H3. The van der Waals surface area contributed by atoms with E-state index in [1.165, 1.54) is 7.11 Å². The SMILES string of the molecule is C=CC1CN(Cc2ccc(OC)c(OC)c2)C(=O)C1C(=O)OC. The lowest BCUT2D eigenvalue weighted by atomic mass is 9.96. The third-order valence-corrected chi connectivity index (χ3v) is 4.02. The zero-order chi connectivity index (χ0) is 17.0. The zero-order valence-corrected chi connectivity index (χ0v) is 13.6. The van der Waals surface area contributed by atoms with Gasteiger partial charge in [-0.2, -0.15) is 0 Å². The average molecular weight is 319 g/mol. The van der Waals surface area contributed by atoms with Gasteiger partial charge in [0.05, 0.1) is 21.3 Å². The van der Waals surface area contributed by atoms with E-state index in [4.69, 9.17) is 14.2 Å². The Balaban J connectivity index is 2.19. The summed E-state index contributed by atoms with van der Waals surface area (Å²) in [5.74, 6) is -0.583. The van der Waals surface area contributed by atoms with Crippen LogP contribution in [0.25, 0.3) is 0 Å². The number of hydrogen-bond acceptors (Lipinski definition) is 5. The molecule has 23 heavy (non-hydrogen) atoms. The van der Waals surface area contributed by atoms with Crippen LogP contribution >= 0.6 is 0 Å². The van der Waals surface area contributed by atoms with Gasteiger partial charge in [-0.25, -0.2) is 0 Å². The van der Waals surface area contributed by atoms with Crippen molar-refractivity contribution in [1.82, 2.24) is 4.90 Å². The Kier molecular flexibility index (Phi) is 5.26. The van der Waals surface area contributed by atoms with Crippen LogP contribution in [0.1, 0.15) is 5.56 Å². The number of likely N-dealkylation sites (tertiary alicyclic amines) is 1. The van der Waals surface area contributed by atoms with Crippen molar-refractivity contribution in [2.24, 2.45) is 11.8 Å². The summed E-state index contributed by atoms with van der Waals surface area (Å²) in [5.41, 5.74) is 0.893. The van der Waals surface area contributed by atoms with E-state index in [0.29, 0.717) is 24.6 Å². The summed E-state index contributed by atoms with van der Waals surface area (Å²) in [4.78, 5) is 25.9. The number of carbonyl (C=O) groups excluding carboxylic acids is 2. The summed E-state index contributed by atoms with van der Waals surface area (Å²) in [5, 5.41) is 0. The molecule has 1 saturated heterocycles. The minimum absolute atomic E-state index is 0.239. The summed E-state index contributed by atoms with van der Waals surface area (Å²) in [7, 11) is 4.41. The maximum atomic E-state index is 12.5. The zero-order valence-electron chi connectivity index (χ0n) is 13.6.